The molecule has 5 heteroatoms. The molecule has 0 aliphatic rings. The largest absolute Gasteiger partial charge is 0.446 e. The standard InChI is InChI=1S/C11H5BrClFO2/c12-9-5-4-8(16-9)11(15)6-2-1-3-7(14)10(6)13/h1-5H. The summed E-state index contributed by atoms with van der Waals surface area (Å²) in [7, 11) is 0. The predicted octanol–water partition coefficient (Wildman–Crippen LogP) is 4.07. The lowest BCUT2D eigenvalue weighted by Crippen LogP contribution is -2.01. The maximum atomic E-state index is 13.1. The lowest BCUT2D eigenvalue weighted by atomic mass is 10.1. The molecule has 0 aliphatic heterocycles. The molecular weight excluding hydrogens is 298 g/mol. The SMILES string of the molecule is O=C(c1ccc(Br)o1)c1cccc(F)c1Cl. The van der Waals surface area contributed by atoms with Crippen LogP contribution in [0.1, 0.15) is 16.1 Å². The molecule has 2 rings (SSSR count). The van der Waals surface area contributed by atoms with Crippen molar-refractivity contribution in [3.05, 3.63) is 57.2 Å². The summed E-state index contributed by atoms with van der Waals surface area (Å²) in [6, 6.07) is 7.14. The van der Waals surface area contributed by atoms with Gasteiger partial charge in [-0.15, -0.1) is 0 Å². The van der Waals surface area contributed by atoms with Crippen molar-refractivity contribution in [3.63, 3.8) is 0 Å². The van der Waals surface area contributed by atoms with E-state index in [1.54, 1.807) is 6.07 Å². The first kappa shape index (κ1) is 11.4. The fraction of sp³-hybridized carbons (Fsp3) is 0. The van der Waals surface area contributed by atoms with Crippen LogP contribution in [0.5, 0.6) is 0 Å². The average molecular weight is 304 g/mol. The molecule has 0 saturated carbocycles. The van der Waals surface area contributed by atoms with Crippen LogP contribution in [0.15, 0.2) is 39.4 Å². The van der Waals surface area contributed by atoms with Gasteiger partial charge < -0.3 is 4.42 Å². The van der Waals surface area contributed by atoms with Gasteiger partial charge in [-0.2, -0.15) is 0 Å². The zero-order valence-electron chi connectivity index (χ0n) is 7.84. The second kappa shape index (κ2) is 4.39. The van der Waals surface area contributed by atoms with E-state index in [1.807, 2.05) is 0 Å². The Morgan fingerprint density at radius 3 is 2.69 bits per heavy atom. The van der Waals surface area contributed by atoms with Crippen LogP contribution in [0.4, 0.5) is 4.39 Å². The van der Waals surface area contributed by atoms with Gasteiger partial charge in [0.15, 0.2) is 10.4 Å². The molecule has 1 heterocycles. The van der Waals surface area contributed by atoms with Crippen molar-refractivity contribution in [3.8, 4) is 0 Å². The molecule has 82 valence electrons. The highest BCUT2D eigenvalue weighted by molar-refractivity contribution is 9.10. The summed E-state index contributed by atoms with van der Waals surface area (Å²) in [5.41, 5.74) is 0.0866. The van der Waals surface area contributed by atoms with Gasteiger partial charge in [-0.05, 0) is 40.2 Å². The number of carbonyl (C=O) groups excluding carboxylic acids is 1. The quantitative estimate of drug-likeness (QED) is 0.783. The van der Waals surface area contributed by atoms with Crippen LogP contribution in [-0.4, -0.2) is 5.78 Å². The summed E-state index contributed by atoms with van der Waals surface area (Å²) in [6.07, 6.45) is 0. The number of carbonyl (C=O) groups is 1. The first-order valence-electron chi connectivity index (χ1n) is 4.33. The van der Waals surface area contributed by atoms with Gasteiger partial charge in [-0.1, -0.05) is 17.7 Å². The fourth-order valence-electron chi connectivity index (χ4n) is 1.25. The fourth-order valence-corrected chi connectivity index (χ4v) is 1.77. The number of ketones is 1. The lowest BCUT2D eigenvalue weighted by Gasteiger charge is -2.01. The van der Waals surface area contributed by atoms with Crippen LogP contribution >= 0.6 is 27.5 Å². The third-order valence-corrected chi connectivity index (χ3v) is 2.80. The molecule has 0 radical (unpaired) electrons. The van der Waals surface area contributed by atoms with E-state index >= 15 is 0 Å². The van der Waals surface area contributed by atoms with Gasteiger partial charge in [-0.3, -0.25) is 4.79 Å². The minimum atomic E-state index is -0.627. The first-order valence-corrected chi connectivity index (χ1v) is 5.50. The van der Waals surface area contributed by atoms with Crippen molar-refractivity contribution in [1.29, 1.82) is 0 Å². The minimum absolute atomic E-state index is 0.0866. The monoisotopic (exact) mass is 302 g/mol. The van der Waals surface area contributed by atoms with Crippen molar-refractivity contribution < 1.29 is 13.6 Å². The molecule has 0 spiro atoms. The molecule has 0 N–H and O–H groups in total. The summed E-state index contributed by atoms with van der Waals surface area (Å²) >= 11 is 8.78. The van der Waals surface area contributed by atoms with E-state index in [4.69, 9.17) is 16.0 Å². The van der Waals surface area contributed by atoms with Gasteiger partial charge in [0.1, 0.15) is 5.82 Å². The highest BCUT2D eigenvalue weighted by Gasteiger charge is 2.18. The molecule has 0 saturated heterocycles. The number of halogens is 3. The Kier molecular flexibility index (Phi) is 3.12. The third-order valence-electron chi connectivity index (χ3n) is 1.99. The molecule has 1 aromatic carbocycles. The van der Waals surface area contributed by atoms with E-state index < -0.39 is 11.6 Å². The number of hydrogen-bond donors (Lipinski definition) is 0. The number of hydrogen-bond acceptors (Lipinski definition) is 2. The Morgan fingerprint density at radius 2 is 2.06 bits per heavy atom. The Balaban J connectivity index is 2.45. The Bertz CT molecular complexity index is 551. The van der Waals surface area contributed by atoms with Gasteiger partial charge in [0, 0.05) is 5.56 Å². The molecular formula is C11H5BrClFO2. The highest BCUT2D eigenvalue weighted by Crippen LogP contribution is 2.24. The lowest BCUT2D eigenvalue weighted by molar-refractivity contribution is 0.101. The van der Waals surface area contributed by atoms with Crippen LogP contribution in [0.25, 0.3) is 0 Å². The maximum Gasteiger partial charge on any atom is 0.229 e. The molecule has 0 unspecified atom stereocenters. The molecule has 0 amide bonds. The predicted molar refractivity (Wildman–Crippen MR) is 61.3 cm³/mol. The molecule has 0 aliphatic carbocycles. The second-order valence-electron chi connectivity index (χ2n) is 3.03. The van der Waals surface area contributed by atoms with Gasteiger partial charge in [0.2, 0.25) is 5.78 Å². The van der Waals surface area contributed by atoms with Crippen LogP contribution in [0.2, 0.25) is 5.02 Å². The molecule has 2 nitrogen and oxygen atoms in total. The van der Waals surface area contributed by atoms with E-state index in [-0.39, 0.29) is 16.3 Å². The Labute approximate surface area is 104 Å². The van der Waals surface area contributed by atoms with Crippen molar-refractivity contribution in [2.45, 2.75) is 0 Å². The van der Waals surface area contributed by atoms with E-state index in [0.717, 1.165) is 0 Å². The molecule has 1 aromatic heterocycles. The normalized spacial score (nSPS) is 10.4. The second-order valence-corrected chi connectivity index (χ2v) is 4.19. The highest BCUT2D eigenvalue weighted by atomic mass is 79.9. The third kappa shape index (κ3) is 2.03. The summed E-state index contributed by atoms with van der Waals surface area (Å²) in [4.78, 5) is 11.9. The summed E-state index contributed by atoms with van der Waals surface area (Å²) in [6.45, 7) is 0. The summed E-state index contributed by atoms with van der Waals surface area (Å²) in [5.74, 6) is -0.965. The average Bonchev–Trinajstić information content (AvgIpc) is 2.68. The maximum absolute atomic E-state index is 13.1. The van der Waals surface area contributed by atoms with Crippen molar-refractivity contribution >= 4 is 33.3 Å². The van der Waals surface area contributed by atoms with E-state index in [1.165, 1.54) is 24.3 Å². The van der Waals surface area contributed by atoms with Crippen LogP contribution < -0.4 is 0 Å². The first-order chi connectivity index (χ1) is 7.59. The number of benzene rings is 1. The van der Waals surface area contributed by atoms with Gasteiger partial charge in [0.25, 0.3) is 0 Å². The minimum Gasteiger partial charge on any atom is -0.446 e. The smallest absolute Gasteiger partial charge is 0.229 e. The van der Waals surface area contributed by atoms with Crippen LogP contribution in [0.3, 0.4) is 0 Å². The van der Waals surface area contributed by atoms with E-state index in [9.17, 15) is 9.18 Å². The number of furan rings is 1. The summed E-state index contributed by atoms with van der Waals surface area (Å²) < 4.78 is 18.7. The molecule has 2 aromatic rings. The Morgan fingerprint density at radius 1 is 1.31 bits per heavy atom. The van der Waals surface area contributed by atoms with Crippen LogP contribution in [0, 0.1) is 5.82 Å². The molecule has 0 fully saturated rings. The molecule has 16 heavy (non-hydrogen) atoms. The Hall–Kier alpha value is -1.13. The molecule has 0 bridgehead atoms. The van der Waals surface area contributed by atoms with Crippen LogP contribution in [-0.2, 0) is 0 Å². The van der Waals surface area contributed by atoms with Crippen molar-refractivity contribution in [1.82, 2.24) is 0 Å². The number of rotatable bonds is 2. The van der Waals surface area contributed by atoms with Gasteiger partial charge in [-0.25, -0.2) is 4.39 Å². The topological polar surface area (TPSA) is 30.2 Å². The van der Waals surface area contributed by atoms with Gasteiger partial charge in [0.05, 0.1) is 5.02 Å². The van der Waals surface area contributed by atoms with E-state index in [0.29, 0.717) is 4.67 Å². The summed E-state index contributed by atoms with van der Waals surface area (Å²) in [5, 5.41) is -0.194. The van der Waals surface area contributed by atoms with Gasteiger partial charge >= 0.3 is 0 Å². The van der Waals surface area contributed by atoms with E-state index in [2.05, 4.69) is 15.9 Å². The van der Waals surface area contributed by atoms with Crippen molar-refractivity contribution in [2.75, 3.05) is 0 Å². The molecule has 0 atom stereocenters. The zero-order chi connectivity index (χ0) is 11.7. The zero-order valence-corrected chi connectivity index (χ0v) is 10.2. The van der Waals surface area contributed by atoms with Crippen molar-refractivity contribution in [2.24, 2.45) is 0 Å².